The lowest BCUT2D eigenvalue weighted by Gasteiger charge is -2.18. The van der Waals surface area contributed by atoms with Crippen molar-refractivity contribution in [3.05, 3.63) is 46.5 Å². The zero-order valence-electron chi connectivity index (χ0n) is 14.3. The standard InChI is InChI=1S/C16H16N4O5S/c1-19(26(3,23)24)10-4-6-12(15(9-10)25-2)16-17-13-7-5-11(20(21)22)8-14(13)18-16/h4-9H,1-3H3,(H,17,18). The molecule has 0 aliphatic carbocycles. The predicted molar refractivity (Wildman–Crippen MR) is 98.0 cm³/mol. The van der Waals surface area contributed by atoms with E-state index in [4.69, 9.17) is 4.74 Å². The first-order valence-corrected chi connectivity index (χ1v) is 9.32. The molecule has 1 heterocycles. The molecule has 9 nitrogen and oxygen atoms in total. The fourth-order valence-corrected chi connectivity index (χ4v) is 3.00. The van der Waals surface area contributed by atoms with Crippen LogP contribution in [0, 0.1) is 10.1 Å². The molecule has 0 aliphatic heterocycles. The van der Waals surface area contributed by atoms with E-state index in [-0.39, 0.29) is 5.69 Å². The van der Waals surface area contributed by atoms with Crippen molar-refractivity contribution >= 4 is 32.4 Å². The van der Waals surface area contributed by atoms with E-state index in [1.165, 1.54) is 26.3 Å². The van der Waals surface area contributed by atoms with Gasteiger partial charge in [0.05, 0.1) is 40.6 Å². The van der Waals surface area contributed by atoms with Crippen molar-refractivity contribution in [2.75, 3.05) is 24.7 Å². The van der Waals surface area contributed by atoms with Gasteiger partial charge in [-0.1, -0.05) is 0 Å². The summed E-state index contributed by atoms with van der Waals surface area (Å²) in [6, 6.07) is 9.26. The van der Waals surface area contributed by atoms with Crippen LogP contribution < -0.4 is 9.04 Å². The fourth-order valence-electron chi connectivity index (χ4n) is 2.50. The number of rotatable bonds is 5. The topological polar surface area (TPSA) is 118 Å². The van der Waals surface area contributed by atoms with Gasteiger partial charge in [0.25, 0.3) is 5.69 Å². The second kappa shape index (κ2) is 6.30. The van der Waals surface area contributed by atoms with E-state index in [0.717, 1.165) is 10.6 Å². The van der Waals surface area contributed by atoms with E-state index in [9.17, 15) is 18.5 Å². The van der Waals surface area contributed by atoms with Gasteiger partial charge in [-0.2, -0.15) is 0 Å². The highest BCUT2D eigenvalue weighted by atomic mass is 32.2. The molecule has 3 aromatic rings. The number of aromatic nitrogens is 2. The molecule has 0 radical (unpaired) electrons. The Labute approximate surface area is 149 Å². The van der Waals surface area contributed by atoms with Gasteiger partial charge in [-0.05, 0) is 18.2 Å². The van der Waals surface area contributed by atoms with Crippen LogP contribution in [0.4, 0.5) is 11.4 Å². The molecule has 10 heteroatoms. The summed E-state index contributed by atoms with van der Waals surface area (Å²) in [5.41, 5.74) is 2.11. The fraction of sp³-hybridized carbons (Fsp3) is 0.188. The molecule has 0 saturated heterocycles. The first-order valence-electron chi connectivity index (χ1n) is 7.47. The third-order valence-corrected chi connectivity index (χ3v) is 5.18. The Hall–Kier alpha value is -3.14. The van der Waals surface area contributed by atoms with Gasteiger partial charge in [0.15, 0.2) is 0 Å². The number of methoxy groups -OCH3 is 1. The Bertz CT molecular complexity index is 1110. The van der Waals surface area contributed by atoms with Crippen LogP contribution >= 0.6 is 0 Å². The Kier molecular flexibility index (Phi) is 4.28. The number of ether oxygens (including phenoxy) is 1. The number of sulfonamides is 1. The number of non-ortho nitro benzene ring substituents is 1. The van der Waals surface area contributed by atoms with E-state index in [0.29, 0.717) is 33.9 Å². The number of aromatic amines is 1. The molecule has 0 bridgehead atoms. The van der Waals surface area contributed by atoms with Gasteiger partial charge in [-0.25, -0.2) is 13.4 Å². The molecule has 26 heavy (non-hydrogen) atoms. The van der Waals surface area contributed by atoms with Crippen molar-refractivity contribution in [1.29, 1.82) is 0 Å². The number of hydrogen-bond donors (Lipinski definition) is 1. The second-order valence-electron chi connectivity index (χ2n) is 5.66. The zero-order valence-corrected chi connectivity index (χ0v) is 15.1. The molecular formula is C16H16N4O5S. The van der Waals surface area contributed by atoms with Crippen LogP contribution in [0.1, 0.15) is 0 Å². The summed E-state index contributed by atoms with van der Waals surface area (Å²) in [6.45, 7) is 0. The molecule has 0 saturated carbocycles. The minimum absolute atomic E-state index is 0.0372. The van der Waals surface area contributed by atoms with E-state index < -0.39 is 14.9 Å². The molecule has 0 aliphatic rings. The SMILES string of the molecule is COc1cc(N(C)S(C)(=O)=O)ccc1-c1nc2ccc([N+](=O)[O-])cc2[nH]1. The number of nitro groups is 1. The Morgan fingerprint density at radius 2 is 1.96 bits per heavy atom. The number of H-pyrrole nitrogens is 1. The molecule has 136 valence electrons. The number of hydrogen-bond acceptors (Lipinski definition) is 6. The minimum Gasteiger partial charge on any atom is -0.496 e. The number of benzene rings is 2. The van der Waals surface area contributed by atoms with Crippen LogP contribution in [0.15, 0.2) is 36.4 Å². The van der Waals surface area contributed by atoms with Crippen LogP contribution in [0.3, 0.4) is 0 Å². The molecule has 1 N–H and O–H groups in total. The zero-order chi connectivity index (χ0) is 19.1. The van der Waals surface area contributed by atoms with E-state index in [2.05, 4.69) is 9.97 Å². The number of nitrogens with zero attached hydrogens (tertiary/aromatic N) is 3. The van der Waals surface area contributed by atoms with E-state index >= 15 is 0 Å². The van der Waals surface area contributed by atoms with E-state index in [1.54, 1.807) is 24.3 Å². The number of imidazole rings is 1. The first-order chi connectivity index (χ1) is 12.2. The largest absolute Gasteiger partial charge is 0.496 e. The summed E-state index contributed by atoms with van der Waals surface area (Å²) in [7, 11) is -0.484. The van der Waals surface area contributed by atoms with Crippen molar-refractivity contribution in [3.63, 3.8) is 0 Å². The highest BCUT2D eigenvalue weighted by Crippen LogP contribution is 2.34. The monoisotopic (exact) mass is 376 g/mol. The van der Waals surface area contributed by atoms with Crippen LogP contribution in [0.5, 0.6) is 5.75 Å². The summed E-state index contributed by atoms with van der Waals surface area (Å²) < 4.78 is 29.9. The number of nitrogens with one attached hydrogen (secondary N) is 1. The third kappa shape index (κ3) is 3.18. The van der Waals surface area contributed by atoms with Gasteiger partial charge >= 0.3 is 0 Å². The van der Waals surface area contributed by atoms with Gasteiger partial charge in [-0.3, -0.25) is 14.4 Å². The van der Waals surface area contributed by atoms with Crippen molar-refractivity contribution in [3.8, 4) is 17.1 Å². The van der Waals surface area contributed by atoms with Crippen LogP contribution in [-0.4, -0.2) is 43.7 Å². The quantitative estimate of drug-likeness (QED) is 0.540. The van der Waals surface area contributed by atoms with Gasteiger partial charge in [0, 0.05) is 25.2 Å². The second-order valence-corrected chi connectivity index (χ2v) is 7.67. The van der Waals surface area contributed by atoms with Gasteiger partial charge < -0.3 is 9.72 Å². The number of anilines is 1. The summed E-state index contributed by atoms with van der Waals surface area (Å²) >= 11 is 0. The highest BCUT2D eigenvalue weighted by Gasteiger charge is 2.17. The highest BCUT2D eigenvalue weighted by molar-refractivity contribution is 7.92. The summed E-state index contributed by atoms with van der Waals surface area (Å²) in [5.74, 6) is 0.887. The van der Waals surface area contributed by atoms with Gasteiger partial charge in [-0.15, -0.1) is 0 Å². The van der Waals surface area contributed by atoms with Crippen LogP contribution in [0.2, 0.25) is 0 Å². The summed E-state index contributed by atoms with van der Waals surface area (Å²) in [4.78, 5) is 17.9. The normalized spacial score (nSPS) is 11.5. The maximum absolute atomic E-state index is 11.7. The van der Waals surface area contributed by atoms with E-state index in [1.807, 2.05) is 0 Å². The number of fused-ring (bicyclic) bond motifs is 1. The van der Waals surface area contributed by atoms with Gasteiger partial charge in [0.2, 0.25) is 10.0 Å². The molecule has 0 spiro atoms. The lowest BCUT2D eigenvalue weighted by molar-refractivity contribution is -0.384. The molecule has 0 unspecified atom stereocenters. The van der Waals surface area contributed by atoms with Gasteiger partial charge in [0.1, 0.15) is 11.6 Å². The molecule has 2 aromatic carbocycles. The predicted octanol–water partition coefficient (Wildman–Crippen LogP) is 2.54. The Morgan fingerprint density at radius 3 is 2.58 bits per heavy atom. The first kappa shape index (κ1) is 17.7. The maximum atomic E-state index is 11.7. The lowest BCUT2D eigenvalue weighted by atomic mass is 10.1. The number of nitro benzene ring substituents is 1. The molecule has 0 atom stereocenters. The maximum Gasteiger partial charge on any atom is 0.271 e. The average molecular weight is 376 g/mol. The molecule has 1 aromatic heterocycles. The molecule has 0 amide bonds. The van der Waals surface area contributed by atoms with Crippen molar-refractivity contribution in [2.24, 2.45) is 0 Å². The van der Waals surface area contributed by atoms with Crippen molar-refractivity contribution in [2.45, 2.75) is 0 Å². The molecule has 3 rings (SSSR count). The minimum atomic E-state index is -3.40. The van der Waals surface area contributed by atoms with Crippen molar-refractivity contribution < 1.29 is 18.1 Å². The van der Waals surface area contributed by atoms with Crippen LogP contribution in [0.25, 0.3) is 22.4 Å². The molecule has 0 fully saturated rings. The summed E-state index contributed by atoms with van der Waals surface area (Å²) in [5, 5.41) is 10.9. The van der Waals surface area contributed by atoms with Crippen LogP contribution in [-0.2, 0) is 10.0 Å². The Morgan fingerprint density at radius 1 is 1.23 bits per heavy atom. The smallest absolute Gasteiger partial charge is 0.271 e. The Balaban J connectivity index is 2.09. The third-order valence-electron chi connectivity index (χ3n) is 3.98. The molecular weight excluding hydrogens is 360 g/mol. The van der Waals surface area contributed by atoms with Crippen molar-refractivity contribution in [1.82, 2.24) is 9.97 Å². The lowest BCUT2D eigenvalue weighted by Crippen LogP contribution is -2.24. The average Bonchev–Trinajstić information content (AvgIpc) is 3.02. The summed E-state index contributed by atoms with van der Waals surface area (Å²) in [6.07, 6.45) is 1.11.